The van der Waals surface area contributed by atoms with Crippen LogP contribution in [0.5, 0.6) is 0 Å². The molecule has 0 aliphatic heterocycles. The van der Waals surface area contributed by atoms with Gasteiger partial charge in [-0.05, 0) is 11.8 Å². The van der Waals surface area contributed by atoms with Gasteiger partial charge in [0.05, 0.1) is 0 Å². The summed E-state index contributed by atoms with van der Waals surface area (Å²) in [6.07, 6.45) is 0. The standard InChI is InChI=1S/C12H28O2Si.C2H6/c1-10(2)8-13-15(12(5,6)7)14-9-11(3)4;1-2/h10-11,15H,8-9H2,1-7H3;1-2H3. The molecule has 0 atom stereocenters. The third-order valence-corrected chi connectivity index (χ3v) is 4.27. The van der Waals surface area contributed by atoms with Gasteiger partial charge in [0, 0.05) is 18.3 Å². The van der Waals surface area contributed by atoms with Crippen LogP contribution in [0.25, 0.3) is 0 Å². The van der Waals surface area contributed by atoms with Crippen LogP contribution in [-0.2, 0) is 8.85 Å². The molecule has 2 nitrogen and oxygen atoms in total. The predicted molar refractivity (Wildman–Crippen MR) is 79.8 cm³/mol. The van der Waals surface area contributed by atoms with Crippen LogP contribution in [0.2, 0.25) is 5.04 Å². The van der Waals surface area contributed by atoms with Crippen molar-refractivity contribution in [2.45, 2.75) is 67.4 Å². The van der Waals surface area contributed by atoms with Crippen LogP contribution in [0.1, 0.15) is 62.3 Å². The first kappa shape index (κ1) is 19.5. The molecule has 0 aromatic rings. The molecule has 0 aliphatic rings. The zero-order valence-corrected chi connectivity index (χ0v) is 14.6. The van der Waals surface area contributed by atoms with Crippen molar-refractivity contribution in [1.29, 1.82) is 0 Å². The second-order valence-electron chi connectivity index (χ2n) is 6.15. The van der Waals surface area contributed by atoms with Gasteiger partial charge in [-0.1, -0.05) is 62.3 Å². The molecule has 0 spiro atoms. The molecule has 0 N–H and O–H groups in total. The first-order valence-electron chi connectivity index (χ1n) is 6.96. The first-order valence-corrected chi connectivity index (χ1v) is 8.48. The predicted octanol–water partition coefficient (Wildman–Crippen LogP) is 4.38. The highest BCUT2D eigenvalue weighted by Gasteiger charge is 2.30. The zero-order valence-electron chi connectivity index (χ0n) is 13.5. The summed E-state index contributed by atoms with van der Waals surface area (Å²) in [4.78, 5) is 0. The molecule has 106 valence electrons. The maximum atomic E-state index is 5.94. The number of hydrogen-bond donors (Lipinski definition) is 0. The van der Waals surface area contributed by atoms with E-state index in [1.54, 1.807) is 0 Å². The topological polar surface area (TPSA) is 18.5 Å². The smallest absolute Gasteiger partial charge is 0.327 e. The Balaban J connectivity index is 0. The molecule has 0 aliphatic carbocycles. The van der Waals surface area contributed by atoms with E-state index in [0.29, 0.717) is 11.8 Å². The molecule has 0 heterocycles. The van der Waals surface area contributed by atoms with Crippen molar-refractivity contribution in [2.75, 3.05) is 13.2 Å². The van der Waals surface area contributed by atoms with E-state index in [1.165, 1.54) is 0 Å². The molecule has 0 saturated carbocycles. The highest BCUT2D eigenvalue weighted by Crippen LogP contribution is 2.28. The summed E-state index contributed by atoms with van der Waals surface area (Å²) in [6.45, 7) is 21.0. The highest BCUT2D eigenvalue weighted by atomic mass is 28.3. The molecule has 0 bridgehead atoms. The second-order valence-corrected chi connectivity index (χ2v) is 9.21. The van der Waals surface area contributed by atoms with E-state index in [1.807, 2.05) is 13.8 Å². The van der Waals surface area contributed by atoms with Crippen molar-refractivity contribution in [2.24, 2.45) is 11.8 Å². The summed E-state index contributed by atoms with van der Waals surface area (Å²) >= 11 is 0. The summed E-state index contributed by atoms with van der Waals surface area (Å²) in [5, 5.41) is 0.184. The Morgan fingerprint density at radius 1 is 0.824 bits per heavy atom. The molecule has 0 aromatic heterocycles. The monoisotopic (exact) mass is 262 g/mol. The van der Waals surface area contributed by atoms with E-state index < -0.39 is 9.28 Å². The molecule has 0 aromatic carbocycles. The van der Waals surface area contributed by atoms with Gasteiger partial charge in [0.2, 0.25) is 0 Å². The normalized spacial score (nSPS) is 12.0. The lowest BCUT2D eigenvalue weighted by Crippen LogP contribution is -2.35. The van der Waals surface area contributed by atoms with E-state index in [4.69, 9.17) is 8.85 Å². The lowest BCUT2D eigenvalue weighted by molar-refractivity contribution is 0.148. The van der Waals surface area contributed by atoms with Gasteiger partial charge in [-0.15, -0.1) is 0 Å². The summed E-state index contributed by atoms with van der Waals surface area (Å²) in [5.41, 5.74) is 0. The van der Waals surface area contributed by atoms with Gasteiger partial charge < -0.3 is 8.85 Å². The van der Waals surface area contributed by atoms with Crippen molar-refractivity contribution in [3.63, 3.8) is 0 Å². The summed E-state index contributed by atoms with van der Waals surface area (Å²) in [7, 11) is -1.53. The Morgan fingerprint density at radius 2 is 1.12 bits per heavy atom. The van der Waals surface area contributed by atoms with Crippen LogP contribution in [0, 0.1) is 11.8 Å². The molecule has 0 radical (unpaired) electrons. The van der Waals surface area contributed by atoms with Crippen LogP contribution in [0.15, 0.2) is 0 Å². The Bertz CT molecular complexity index is 150. The zero-order chi connectivity index (χ0) is 14.1. The maximum absolute atomic E-state index is 5.94. The van der Waals surface area contributed by atoms with Crippen LogP contribution < -0.4 is 0 Å². The van der Waals surface area contributed by atoms with E-state index in [0.717, 1.165) is 13.2 Å². The highest BCUT2D eigenvalue weighted by molar-refractivity contribution is 6.48. The van der Waals surface area contributed by atoms with Gasteiger partial charge >= 0.3 is 9.28 Å². The molecular weight excluding hydrogens is 228 g/mol. The summed E-state index contributed by atoms with van der Waals surface area (Å²) in [5.74, 6) is 1.18. The van der Waals surface area contributed by atoms with Gasteiger partial charge in [-0.25, -0.2) is 0 Å². The van der Waals surface area contributed by atoms with Gasteiger partial charge in [0.1, 0.15) is 0 Å². The summed E-state index contributed by atoms with van der Waals surface area (Å²) < 4.78 is 11.9. The average Bonchev–Trinajstić information content (AvgIpc) is 2.17. The Kier molecular flexibility index (Phi) is 11.6. The third-order valence-electron chi connectivity index (χ3n) is 1.87. The number of rotatable bonds is 6. The quantitative estimate of drug-likeness (QED) is 0.661. The fourth-order valence-electron chi connectivity index (χ4n) is 1.11. The third kappa shape index (κ3) is 12.4. The molecule has 0 fully saturated rings. The maximum Gasteiger partial charge on any atom is 0.327 e. The SMILES string of the molecule is CC.CC(C)CO[SiH](OCC(C)C)C(C)(C)C. The molecule has 3 heteroatoms. The van der Waals surface area contributed by atoms with Gasteiger partial charge in [-0.3, -0.25) is 0 Å². The molecule has 0 saturated heterocycles. The van der Waals surface area contributed by atoms with E-state index in [2.05, 4.69) is 48.5 Å². The minimum Gasteiger partial charge on any atom is -0.396 e. The molecule has 17 heavy (non-hydrogen) atoms. The summed E-state index contributed by atoms with van der Waals surface area (Å²) in [6, 6.07) is 0. The van der Waals surface area contributed by atoms with Crippen molar-refractivity contribution in [1.82, 2.24) is 0 Å². The second kappa shape index (κ2) is 10.1. The largest absolute Gasteiger partial charge is 0.396 e. The minimum absolute atomic E-state index is 0.184. The van der Waals surface area contributed by atoms with Crippen LogP contribution >= 0.6 is 0 Å². The van der Waals surface area contributed by atoms with Gasteiger partial charge in [0.15, 0.2) is 0 Å². The van der Waals surface area contributed by atoms with Gasteiger partial charge in [-0.2, -0.15) is 0 Å². The fourth-order valence-corrected chi connectivity index (χ4v) is 3.32. The minimum atomic E-state index is -1.53. The van der Waals surface area contributed by atoms with Gasteiger partial charge in [0.25, 0.3) is 0 Å². The van der Waals surface area contributed by atoms with Crippen molar-refractivity contribution in [3.8, 4) is 0 Å². The number of hydrogen-bond acceptors (Lipinski definition) is 2. The lowest BCUT2D eigenvalue weighted by Gasteiger charge is -2.29. The van der Waals surface area contributed by atoms with Crippen molar-refractivity contribution in [3.05, 3.63) is 0 Å². The van der Waals surface area contributed by atoms with Crippen molar-refractivity contribution < 1.29 is 8.85 Å². The Morgan fingerprint density at radius 3 is 1.29 bits per heavy atom. The first-order chi connectivity index (χ1) is 7.73. The Labute approximate surface area is 111 Å². The van der Waals surface area contributed by atoms with E-state index >= 15 is 0 Å². The Hall–Kier alpha value is 0.137. The molecule has 0 rings (SSSR count). The lowest BCUT2D eigenvalue weighted by atomic mass is 10.2. The van der Waals surface area contributed by atoms with Crippen LogP contribution in [-0.4, -0.2) is 22.5 Å². The van der Waals surface area contributed by atoms with Crippen LogP contribution in [0.3, 0.4) is 0 Å². The van der Waals surface area contributed by atoms with Crippen molar-refractivity contribution >= 4 is 9.28 Å². The van der Waals surface area contributed by atoms with E-state index in [9.17, 15) is 0 Å². The molecule has 0 amide bonds. The molecule has 0 unspecified atom stereocenters. The molecular formula is C14H34O2Si. The average molecular weight is 263 g/mol. The van der Waals surface area contributed by atoms with Crippen LogP contribution in [0.4, 0.5) is 0 Å². The van der Waals surface area contributed by atoms with E-state index in [-0.39, 0.29) is 5.04 Å². The fraction of sp³-hybridized carbons (Fsp3) is 1.00.